The van der Waals surface area contributed by atoms with Crippen LogP contribution in [-0.2, 0) is 0 Å². The van der Waals surface area contributed by atoms with Gasteiger partial charge in [-0.3, -0.25) is 4.98 Å². The molecule has 86 valence electrons. The van der Waals surface area contributed by atoms with Crippen LogP contribution in [0.25, 0.3) is 0 Å². The van der Waals surface area contributed by atoms with Gasteiger partial charge in [0.1, 0.15) is 0 Å². The summed E-state index contributed by atoms with van der Waals surface area (Å²) in [6.07, 6.45) is 3.13. The highest BCUT2D eigenvalue weighted by Gasteiger charge is 2.16. The number of anilines is 1. The molecule has 0 aliphatic carbocycles. The minimum atomic E-state index is -0.128. The van der Waals surface area contributed by atoms with Gasteiger partial charge >= 0.3 is 6.03 Å². The molecule has 1 aliphatic rings. The molecule has 0 spiro atoms. The van der Waals surface area contributed by atoms with Crippen molar-refractivity contribution in [1.82, 2.24) is 15.2 Å². The number of piperazine rings is 1. The zero-order chi connectivity index (χ0) is 11.4. The van der Waals surface area contributed by atoms with Crippen LogP contribution in [0.15, 0.2) is 18.5 Å². The van der Waals surface area contributed by atoms with Gasteiger partial charge < -0.3 is 15.5 Å². The summed E-state index contributed by atoms with van der Waals surface area (Å²) in [5, 5.41) is 6.43. The number of hydrogen-bond donors (Lipinski definition) is 2. The van der Waals surface area contributed by atoms with Crippen LogP contribution in [0.5, 0.6) is 0 Å². The van der Waals surface area contributed by atoms with Gasteiger partial charge in [0.25, 0.3) is 0 Å². The van der Waals surface area contributed by atoms with E-state index in [0.717, 1.165) is 13.1 Å². The Balaban J connectivity index is 1.99. The summed E-state index contributed by atoms with van der Waals surface area (Å²) in [7, 11) is 0. The second-order valence-electron chi connectivity index (χ2n) is 3.52. The van der Waals surface area contributed by atoms with E-state index in [1.165, 1.54) is 0 Å². The normalized spacial score (nSPS) is 15.9. The van der Waals surface area contributed by atoms with Gasteiger partial charge in [0.15, 0.2) is 0 Å². The second-order valence-corrected chi connectivity index (χ2v) is 3.93. The number of rotatable bonds is 1. The molecule has 2 N–H and O–H groups in total. The third-order valence-corrected chi connectivity index (χ3v) is 2.74. The molecule has 1 aliphatic heterocycles. The number of aromatic nitrogens is 1. The zero-order valence-electron chi connectivity index (χ0n) is 8.74. The molecule has 0 unspecified atom stereocenters. The standard InChI is InChI=1S/C10H13ClN4O/c11-8-1-2-13-7-9(8)14-10(16)15-5-3-12-4-6-15/h1-2,7,12H,3-6H2,(H,14,16). The molecular formula is C10H13ClN4O. The maximum absolute atomic E-state index is 11.8. The fourth-order valence-electron chi connectivity index (χ4n) is 1.53. The van der Waals surface area contributed by atoms with E-state index in [2.05, 4.69) is 15.6 Å². The summed E-state index contributed by atoms with van der Waals surface area (Å²) in [6, 6.07) is 1.52. The molecule has 1 aromatic heterocycles. The van der Waals surface area contributed by atoms with Crippen molar-refractivity contribution < 1.29 is 4.79 Å². The fourth-order valence-corrected chi connectivity index (χ4v) is 1.68. The Morgan fingerprint density at radius 2 is 2.25 bits per heavy atom. The highest BCUT2D eigenvalue weighted by Crippen LogP contribution is 2.19. The summed E-state index contributed by atoms with van der Waals surface area (Å²) < 4.78 is 0. The molecule has 0 radical (unpaired) electrons. The van der Waals surface area contributed by atoms with E-state index in [-0.39, 0.29) is 6.03 Å². The van der Waals surface area contributed by atoms with Crippen LogP contribution < -0.4 is 10.6 Å². The molecule has 2 rings (SSSR count). The summed E-state index contributed by atoms with van der Waals surface area (Å²) in [6.45, 7) is 3.08. The highest BCUT2D eigenvalue weighted by atomic mass is 35.5. The van der Waals surface area contributed by atoms with Gasteiger partial charge in [0.05, 0.1) is 16.9 Å². The number of amides is 2. The monoisotopic (exact) mass is 240 g/mol. The quantitative estimate of drug-likeness (QED) is 0.775. The lowest BCUT2D eigenvalue weighted by molar-refractivity contribution is 0.204. The van der Waals surface area contributed by atoms with Crippen molar-refractivity contribution in [1.29, 1.82) is 0 Å². The molecule has 16 heavy (non-hydrogen) atoms. The lowest BCUT2D eigenvalue weighted by Crippen LogP contribution is -2.48. The number of halogens is 1. The van der Waals surface area contributed by atoms with Crippen molar-refractivity contribution in [2.45, 2.75) is 0 Å². The number of carbonyl (C=O) groups is 1. The topological polar surface area (TPSA) is 57.3 Å². The van der Waals surface area contributed by atoms with Crippen molar-refractivity contribution in [3.05, 3.63) is 23.5 Å². The molecule has 2 heterocycles. The van der Waals surface area contributed by atoms with Crippen LogP contribution in [0.4, 0.5) is 10.5 Å². The first-order valence-electron chi connectivity index (χ1n) is 5.13. The third-order valence-electron chi connectivity index (χ3n) is 2.41. The maximum Gasteiger partial charge on any atom is 0.322 e. The van der Waals surface area contributed by atoms with E-state index in [1.54, 1.807) is 23.4 Å². The Morgan fingerprint density at radius 3 is 2.94 bits per heavy atom. The number of nitrogens with zero attached hydrogens (tertiary/aromatic N) is 2. The molecule has 1 aromatic rings. The summed E-state index contributed by atoms with van der Waals surface area (Å²) in [4.78, 5) is 17.5. The predicted octanol–water partition coefficient (Wildman–Crippen LogP) is 1.17. The minimum absolute atomic E-state index is 0.128. The van der Waals surface area contributed by atoms with Crippen LogP contribution in [0.3, 0.4) is 0 Å². The van der Waals surface area contributed by atoms with Gasteiger partial charge in [-0.2, -0.15) is 0 Å². The van der Waals surface area contributed by atoms with Gasteiger partial charge in [-0.1, -0.05) is 11.6 Å². The van der Waals surface area contributed by atoms with Gasteiger partial charge in [-0.25, -0.2) is 4.79 Å². The molecule has 5 nitrogen and oxygen atoms in total. The Kier molecular flexibility index (Phi) is 3.58. The molecular weight excluding hydrogens is 228 g/mol. The van der Waals surface area contributed by atoms with Gasteiger partial charge in [0.2, 0.25) is 0 Å². The third kappa shape index (κ3) is 2.62. The molecule has 0 saturated carbocycles. The highest BCUT2D eigenvalue weighted by molar-refractivity contribution is 6.33. The summed E-state index contributed by atoms with van der Waals surface area (Å²) in [5.74, 6) is 0. The average Bonchev–Trinajstić information content (AvgIpc) is 2.33. The Hall–Kier alpha value is -1.33. The van der Waals surface area contributed by atoms with E-state index in [0.29, 0.717) is 23.8 Å². The van der Waals surface area contributed by atoms with E-state index >= 15 is 0 Å². The van der Waals surface area contributed by atoms with Crippen LogP contribution in [0.1, 0.15) is 0 Å². The van der Waals surface area contributed by atoms with Gasteiger partial charge in [0, 0.05) is 32.4 Å². The summed E-state index contributed by atoms with van der Waals surface area (Å²) >= 11 is 5.92. The van der Waals surface area contributed by atoms with Crippen molar-refractivity contribution in [3.63, 3.8) is 0 Å². The fraction of sp³-hybridized carbons (Fsp3) is 0.400. The SMILES string of the molecule is O=C(Nc1cnccc1Cl)N1CCNCC1. The number of pyridine rings is 1. The maximum atomic E-state index is 11.8. The molecule has 1 saturated heterocycles. The van der Waals surface area contributed by atoms with Gasteiger partial charge in [-0.05, 0) is 6.07 Å². The Labute approximate surface area is 98.8 Å². The van der Waals surface area contributed by atoms with E-state index in [4.69, 9.17) is 11.6 Å². The lowest BCUT2D eigenvalue weighted by atomic mass is 10.4. The molecule has 6 heteroatoms. The van der Waals surface area contributed by atoms with Gasteiger partial charge in [-0.15, -0.1) is 0 Å². The van der Waals surface area contributed by atoms with E-state index in [1.807, 2.05) is 0 Å². The second kappa shape index (κ2) is 5.14. The number of nitrogens with one attached hydrogen (secondary N) is 2. The van der Waals surface area contributed by atoms with Crippen LogP contribution in [-0.4, -0.2) is 42.1 Å². The largest absolute Gasteiger partial charge is 0.322 e. The average molecular weight is 241 g/mol. The first kappa shape index (κ1) is 11.2. The number of urea groups is 1. The molecule has 0 bridgehead atoms. The van der Waals surface area contributed by atoms with Crippen molar-refractivity contribution >= 4 is 23.3 Å². The molecule has 1 fully saturated rings. The van der Waals surface area contributed by atoms with Crippen LogP contribution in [0, 0.1) is 0 Å². The minimum Gasteiger partial charge on any atom is -0.322 e. The molecule has 0 atom stereocenters. The van der Waals surface area contributed by atoms with E-state index in [9.17, 15) is 4.79 Å². The number of carbonyl (C=O) groups excluding carboxylic acids is 1. The Bertz CT molecular complexity index is 379. The van der Waals surface area contributed by atoms with Crippen LogP contribution >= 0.6 is 11.6 Å². The van der Waals surface area contributed by atoms with Crippen molar-refractivity contribution in [2.24, 2.45) is 0 Å². The number of hydrogen-bond acceptors (Lipinski definition) is 3. The molecule has 0 aromatic carbocycles. The lowest BCUT2D eigenvalue weighted by Gasteiger charge is -2.27. The molecule has 2 amide bonds. The summed E-state index contributed by atoms with van der Waals surface area (Å²) in [5.41, 5.74) is 0.549. The van der Waals surface area contributed by atoms with E-state index < -0.39 is 0 Å². The Morgan fingerprint density at radius 1 is 1.50 bits per heavy atom. The van der Waals surface area contributed by atoms with Crippen molar-refractivity contribution in [2.75, 3.05) is 31.5 Å². The first-order chi connectivity index (χ1) is 7.77. The first-order valence-corrected chi connectivity index (χ1v) is 5.51. The predicted molar refractivity (Wildman–Crippen MR) is 62.7 cm³/mol. The smallest absolute Gasteiger partial charge is 0.322 e. The van der Waals surface area contributed by atoms with Crippen molar-refractivity contribution in [3.8, 4) is 0 Å². The zero-order valence-corrected chi connectivity index (χ0v) is 9.50. The van der Waals surface area contributed by atoms with Crippen LogP contribution in [0.2, 0.25) is 5.02 Å².